The minimum atomic E-state index is -0.742. The minimum Gasteiger partial charge on any atom is -0.490 e. The summed E-state index contributed by atoms with van der Waals surface area (Å²) in [5.74, 6) is 0.277. The fourth-order valence-corrected chi connectivity index (χ4v) is 5.84. The number of hydrogen-bond donors (Lipinski definition) is 5. The van der Waals surface area contributed by atoms with Gasteiger partial charge in [0.1, 0.15) is 18.5 Å². The van der Waals surface area contributed by atoms with Crippen LogP contribution < -0.4 is 21.1 Å². The summed E-state index contributed by atoms with van der Waals surface area (Å²) in [5.41, 5.74) is 8.85. The molecular formula is C29H38N4O4. The average Bonchev–Trinajstić information content (AvgIpc) is 3.56. The van der Waals surface area contributed by atoms with Gasteiger partial charge in [0, 0.05) is 46.0 Å². The van der Waals surface area contributed by atoms with Gasteiger partial charge in [-0.2, -0.15) is 0 Å². The van der Waals surface area contributed by atoms with E-state index in [4.69, 9.17) is 10.5 Å². The number of carbonyl (C=O) groups excluding carboxylic acids is 2. The molecule has 2 heterocycles. The maximum atomic E-state index is 12.8. The number of amides is 2. The van der Waals surface area contributed by atoms with E-state index in [9.17, 15) is 14.7 Å². The van der Waals surface area contributed by atoms with Crippen LogP contribution in [0.2, 0.25) is 0 Å². The van der Waals surface area contributed by atoms with Crippen molar-refractivity contribution in [1.82, 2.24) is 10.3 Å². The van der Waals surface area contributed by atoms with E-state index in [1.165, 1.54) is 0 Å². The molecule has 1 spiro atoms. The van der Waals surface area contributed by atoms with Gasteiger partial charge >= 0.3 is 0 Å². The number of ether oxygens (including phenoxy) is 1. The number of hydrogen-bond acceptors (Lipinski definition) is 5. The number of primary amides is 1. The van der Waals surface area contributed by atoms with Crippen molar-refractivity contribution < 1.29 is 19.4 Å². The predicted octanol–water partition coefficient (Wildman–Crippen LogP) is 4.02. The summed E-state index contributed by atoms with van der Waals surface area (Å²) in [5, 5.41) is 18.0. The summed E-state index contributed by atoms with van der Waals surface area (Å²) < 4.78 is 6.08. The average molecular weight is 507 g/mol. The van der Waals surface area contributed by atoms with Gasteiger partial charge in [-0.1, -0.05) is 32.4 Å². The van der Waals surface area contributed by atoms with Crippen LogP contribution in [0, 0.1) is 0 Å². The molecule has 198 valence electrons. The van der Waals surface area contributed by atoms with Crippen LogP contribution in [-0.2, 0) is 16.6 Å². The van der Waals surface area contributed by atoms with Crippen LogP contribution in [0.5, 0.6) is 5.75 Å². The third kappa shape index (κ3) is 4.95. The van der Waals surface area contributed by atoms with Gasteiger partial charge in [-0.05, 0) is 62.9 Å². The molecule has 2 aromatic carbocycles. The van der Waals surface area contributed by atoms with E-state index >= 15 is 0 Å². The normalized spacial score (nSPS) is 16.9. The molecule has 0 saturated heterocycles. The molecule has 1 saturated carbocycles. The number of benzene rings is 2. The van der Waals surface area contributed by atoms with Gasteiger partial charge in [0.2, 0.25) is 11.8 Å². The Balaban J connectivity index is 0.00000320. The van der Waals surface area contributed by atoms with E-state index in [2.05, 4.69) is 29.5 Å². The van der Waals surface area contributed by atoms with Crippen LogP contribution >= 0.6 is 0 Å². The summed E-state index contributed by atoms with van der Waals surface area (Å²) in [6, 6.07) is 11.1. The fraction of sp³-hybridized carbons (Fsp3) is 0.448. The Morgan fingerprint density at radius 1 is 1.22 bits per heavy atom. The van der Waals surface area contributed by atoms with E-state index in [-0.39, 0.29) is 25.5 Å². The smallest absolute Gasteiger partial charge is 0.249 e. The molecule has 0 radical (unpaired) electrons. The number of H-pyrrole nitrogens is 1. The highest BCUT2D eigenvalue weighted by Crippen LogP contribution is 2.52. The highest BCUT2D eigenvalue weighted by molar-refractivity contribution is 6.08. The van der Waals surface area contributed by atoms with Crippen molar-refractivity contribution in [3.05, 3.63) is 59.3 Å². The lowest BCUT2D eigenvalue weighted by atomic mass is 9.79. The second-order valence-electron chi connectivity index (χ2n) is 10.7. The number of aliphatic hydroxyl groups excluding tert-OH is 1. The van der Waals surface area contributed by atoms with Crippen molar-refractivity contribution in [3.8, 4) is 5.75 Å². The largest absolute Gasteiger partial charge is 0.490 e. The quantitative estimate of drug-likeness (QED) is 0.299. The molecule has 1 aromatic heterocycles. The summed E-state index contributed by atoms with van der Waals surface area (Å²) in [7, 11) is 0. The maximum absolute atomic E-state index is 12.8. The van der Waals surface area contributed by atoms with Gasteiger partial charge in [0.15, 0.2) is 0 Å². The summed E-state index contributed by atoms with van der Waals surface area (Å²) >= 11 is 0. The molecule has 0 unspecified atom stereocenters. The first kappa shape index (κ1) is 26.7. The van der Waals surface area contributed by atoms with Crippen molar-refractivity contribution >= 4 is 28.4 Å². The zero-order valence-electron chi connectivity index (χ0n) is 20.8. The van der Waals surface area contributed by atoms with Gasteiger partial charge in [0.05, 0.1) is 5.41 Å². The monoisotopic (exact) mass is 506 g/mol. The standard InChI is InChI=1S/C28H34N4O4.CH4/c1-27(2,13-17-14-30-20-8-5-7-19(23(17)20)25(29)34)31-15-18(33)16-36-22-10-6-9-21-24(22)28(26(35)32-21)11-3-4-12-28;/h5-10,14,18,30-31,33H,3-4,11-13,15-16H2,1-2H3,(H2,29,34)(H,32,35);1H4/t18-;/m0./s1. The lowest BCUT2D eigenvalue weighted by Gasteiger charge is -2.28. The van der Waals surface area contributed by atoms with Gasteiger partial charge in [-0.3, -0.25) is 9.59 Å². The SMILES string of the molecule is C.CC(C)(Cc1c[nH]c2cccc(C(N)=O)c12)NC[C@H](O)COc1cccc2c1C1(CCCC1)C(=O)N2. The molecule has 8 heteroatoms. The molecule has 0 bridgehead atoms. The number of rotatable bonds is 9. The third-order valence-corrected chi connectivity index (χ3v) is 7.58. The lowest BCUT2D eigenvalue weighted by molar-refractivity contribution is -0.120. The Kier molecular flexibility index (Phi) is 7.35. The first-order valence-corrected chi connectivity index (χ1v) is 12.6. The van der Waals surface area contributed by atoms with Crippen LogP contribution in [0.1, 0.15) is 68.4 Å². The second-order valence-corrected chi connectivity index (χ2v) is 10.7. The second kappa shape index (κ2) is 10.2. The number of aromatic nitrogens is 1. The van der Waals surface area contributed by atoms with E-state index in [1.807, 2.05) is 36.5 Å². The molecule has 37 heavy (non-hydrogen) atoms. The van der Waals surface area contributed by atoms with Crippen LogP contribution in [0.25, 0.3) is 10.9 Å². The number of nitrogens with one attached hydrogen (secondary N) is 3. The lowest BCUT2D eigenvalue weighted by Crippen LogP contribution is -2.46. The van der Waals surface area contributed by atoms with E-state index < -0.39 is 17.4 Å². The molecular weight excluding hydrogens is 468 g/mol. The topological polar surface area (TPSA) is 129 Å². The van der Waals surface area contributed by atoms with Crippen molar-refractivity contribution in [2.75, 3.05) is 18.5 Å². The number of aliphatic hydroxyl groups is 1. The molecule has 1 atom stereocenters. The van der Waals surface area contributed by atoms with Gasteiger partial charge in [-0.15, -0.1) is 0 Å². The Morgan fingerprint density at radius 3 is 2.68 bits per heavy atom. The molecule has 1 aliphatic heterocycles. The van der Waals surface area contributed by atoms with Gasteiger partial charge in [-0.25, -0.2) is 0 Å². The summed E-state index contributed by atoms with van der Waals surface area (Å²) in [4.78, 5) is 27.9. The van der Waals surface area contributed by atoms with Crippen molar-refractivity contribution in [2.45, 2.75) is 70.4 Å². The van der Waals surface area contributed by atoms with Crippen LogP contribution in [0.3, 0.4) is 0 Å². The van der Waals surface area contributed by atoms with Crippen molar-refractivity contribution in [1.29, 1.82) is 0 Å². The Morgan fingerprint density at radius 2 is 1.95 bits per heavy atom. The van der Waals surface area contributed by atoms with E-state index in [0.717, 1.165) is 53.4 Å². The minimum absolute atomic E-state index is 0. The molecule has 1 fully saturated rings. The zero-order valence-corrected chi connectivity index (χ0v) is 20.8. The molecule has 8 nitrogen and oxygen atoms in total. The highest BCUT2D eigenvalue weighted by atomic mass is 16.5. The first-order valence-electron chi connectivity index (χ1n) is 12.6. The molecule has 6 N–H and O–H groups in total. The third-order valence-electron chi connectivity index (χ3n) is 7.58. The van der Waals surface area contributed by atoms with Crippen molar-refractivity contribution in [2.24, 2.45) is 5.73 Å². The predicted molar refractivity (Wildman–Crippen MR) is 146 cm³/mol. The Bertz CT molecular complexity index is 1310. The van der Waals surface area contributed by atoms with Crippen LogP contribution in [0.15, 0.2) is 42.6 Å². The Labute approximate surface area is 218 Å². The Hall–Kier alpha value is -3.36. The number of β-amino-alcohol motifs (C(OH)–C–C–N with tert-alkyl or cyclic N) is 1. The number of fused-ring (bicyclic) bond motifs is 3. The first-order chi connectivity index (χ1) is 17.2. The van der Waals surface area contributed by atoms with Crippen LogP contribution in [-0.4, -0.2) is 46.7 Å². The summed E-state index contributed by atoms with van der Waals surface area (Å²) in [6.45, 7) is 4.55. The van der Waals surface area contributed by atoms with Gasteiger partial charge < -0.3 is 31.2 Å². The molecule has 5 rings (SSSR count). The number of aromatic amines is 1. The van der Waals surface area contributed by atoms with Crippen LogP contribution in [0.4, 0.5) is 5.69 Å². The molecule has 3 aromatic rings. The highest BCUT2D eigenvalue weighted by Gasteiger charge is 2.50. The summed E-state index contributed by atoms with van der Waals surface area (Å²) in [6.07, 6.45) is 5.51. The molecule has 1 aliphatic carbocycles. The molecule has 2 amide bonds. The molecule has 2 aliphatic rings. The number of carbonyl (C=O) groups is 2. The zero-order chi connectivity index (χ0) is 25.5. The van der Waals surface area contributed by atoms with E-state index in [0.29, 0.717) is 24.3 Å². The maximum Gasteiger partial charge on any atom is 0.249 e. The van der Waals surface area contributed by atoms with E-state index in [1.54, 1.807) is 6.07 Å². The van der Waals surface area contributed by atoms with Crippen molar-refractivity contribution in [3.63, 3.8) is 0 Å². The van der Waals surface area contributed by atoms with Gasteiger partial charge in [0.25, 0.3) is 0 Å². The number of nitrogens with two attached hydrogens (primary N) is 1. The number of anilines is 1. The fourth-order valence-electron chi connectivity index (χ4n) is 5.84.